The summed E-state index contributed by atoms with van der Waals surface area (Å²) in [5, 5.41) is 10.3. The molecule has 1 amide bonds. The highest BCUT2D eigenvalue weighted by molar-refractivity contribution is 6.08. The van der Waals surface area contributed by atoms with Crippen molar-refractivity contribution in [1.29, 1.82) is 0 Å². The summed E-state index contributed by atoms with van der Waals surface area (Å²) in [6, 6.07) is 5.75. The van der Waals surface area contributed by atoms with E-state index < -0.39 is 0 Å². The molecule has 0 unspecified atom stereocenters. The SMILES string of the molecule is CC(=O)c1c(C)[nH]c(C(=O)Nc2ccc(C)cc2-c2n[nH]c(C3CC3)n2)c1C. The van der Waals surface area contributed by atoms with Gasteiger partial charge in [0.2, 0.25) is 0 Å². The summed E-state index contributed by atoms with van der Waals surface area (Å²) in [5.41, 5.74) is 4.77. The normalized spacial score (nSPS) is 13.6. The minimum absolute atomic E-state index is 0.0605. The van der Waals surface area contributed by atoms with Crippen LogP contribution in [0.1, 0.15) is 69.2 Å². The van der Waals surface area contributed by atoms with Crippen LogP contribution in [0.4, 0.5) is 5.69 Å². The average molecular weight is 377 g/mol. The highest BCUT2D eigenvalue weighted by Gasteiger charge is 2.28. The highest BCUT2D eigenvalue weighted by Crippen LogP contribution is 2.39. The third-order valence-electron chi connectivity index (χ3n) is 5.15. The van der Waals surface area contributed by atoms with Crippen LogP contribution in [0.25, 0.3) is 11.4 Å². The number of rotatable bonds is 5. The Bertz CT molecular complexity index is 1090. The maximum Gasteiger partial charge on any atom is 0.272 e. The number of nitrogens with one attached hydrogen (secondary N) is 3. The van der Waals surface area contributed by atoms with Crippen molar-refractivity contribution < 1.29 is 9.59 Å². The fourth-order valence-corrected chi connectivity index (χ4v) is 3.58. The lowest BCUT2D eigenvalue weighted by Gasteiger charge is -2.10. The first-order valence-corrected chi connectivity index (χ1v) is 9.40. The molecule has 0 bridgehead atoms. The number of benzene rings is 1. The molecule has 1 aliphatic carbocycles. The van der Waals surface area contributed by atoms with Crippen LogP contribution < -0.4 is 5.32 Å². The van der Waals surface area contributed by atoms with Crippen LogP contribution in [0.3, 0.4) is 0 Å². The summed E-state index contributed by atoms with van der Waals surface area (Å²) < 4.78 is 0. The average Bonchev–Trinajstić information content (AvgIpc) is 3.29. The number of ketones is 1. The molecule has 1 aromatic carbocycles. The quantitative estimate of drug-likeness (QED) is 0.583. The lowest BCUT2D eigenvalue weighted by molar-refractivity contribution is 0.101. The zero-order chi connectivity index (χ0) is 20.0. The van der Waals surface area contributed by atoms with E-state index in [9.17, 15) is 9.59 Å². The molecule has 0 atom stereocenters. The molecule has 1 fully saturated rings. The fourth-order valence-electron chi connectivity index (χ4n) is 3.58. The Hall–Kier alpha value is -3.22. The molecule has 144 valence electrons. The predicted octanol–water partition coefficient (Wildman–Crippen LogP) is 4.06. The van der Waals surface area contributed by atoms with Gasteiger partial charge in [-0.1, -0.05) is 11.6 Å². The van der Waals surface area contributed by atoms with Gasteiger partial charge in [0.25, 0.3) is 5.91 Å². The van der Waals surface area contributed by atoms with Gasteiger partial charge >= 0.3 is 0 Å². The third kappa shape index (κ3) is 3.24. The van der Waals surface area contributed by atoms with Crippen molar-refractivity contribution in [3.63, 3.8) is 0 Å². The van der Waals surface area contributed by atoms with Crippen LogP contribution >= 0.6 is 0 Å². The molecule has 2 aromatic heterocycles. The summed E-state index contributed by atoms with van der Waals surface area (Å²) >= 11 is 0. The van der Waals surface area contributed by atoms with Crippen LogP contribution in [0.2, 0.25) is 0 Å². The second-order valence-electron chi connectivity index (χ2n) is 7.50. The van der Waals surface area contributed by atoms with Crippen LogP contribution in [0.15, 0.2) is 18.2 Å². The number of aromatic amines is 2. The Morgan fingerprint density at radius 2 is 1.93 bits per heavy atom. The van der Waals surface area contributed by atoms with Crippen LogP contribution in [-0.4, -0.2) is 31.9 Å². The van der Waals surface area contributed by atoms with Gasteiger partial charge in [-0.25, -0.2) is 4.98 Å². The van der Waals surface area contributed by atoms with E-state index in [1.54, 1.807) is 13.8 Å². The van der Waals surface area contributed by atoms with Crippen molar-refractivity contribution in [2.75, 3.05) is 5.32 Å². The molecule has 0 radical (unpaired) electrons. The lowest BCUT2D eigenvalue weighted by Crippen LogP contribution is -2.14. The van der Waals surface area contributed by atoms with Crippen LogP contribution in [0, 0.1) is 20.8 Å². The van der Waals surface area contributed by atoms with E-state index in [4.69, 9.17) is 0 Å². The van der Waals surface area contributed by atoms with E-state index >= 15 is 0 Å². The number of aryl methyl sites for hydroxylation is 2. The summed E-state index contributed by atoms with van der Waals surface area (Å²) in [5.74, 6) is 1.59. The zero-order valence-electron chi connectivity index (χ0n) is 16.4. The van der Waals surface area contributed by atoms with E-state index in [0.717, 1.165) is 29.8 Å². The molecule has 1 saturated carbocycles. The monoisotopic (exact) mass is 377 g/mol. The summed E-state index contributed by atoms with van der Waals surface area (Å²) in [6.07, 6.45) is 2.27. The molecular formula is C21H23N5O2. The van der Waals surface area contributed by atoms with Crippen LogP contribution in [-0.2, 0) is 0 Å². The summed E-state index contributed by atoms with van der Waals surface area (Å²) in [6.45, 7) is 7.07. The fraction of sp³-hybridized carbons (Fsp3) is 0.333. The minimum Gasteiger partial charge on any atom is -0.354 e. The van der Waals surface area contributed by atoms with Crippen molar-refractivity contribution in [3.05, 3.63) is 52.1 Å². The summed E-state index contributed by atoms with van der Waals surface area (Å²) in [7, 11) is 0. The minimum atomic E-state index is -0.295. The number of carbonyl (C=O) groups is 2. The Kier molecular flexibility index (Phi) is 4.37. The number of anilines is 1. The first-order chi connectivity index (χ1) is 13.3. The number of nitrogens with zero attached hydrogens (tertiary/aromatic N) is 2. The highest BCUT2D eigenvalue weighted by atomic mass is 16.2. The van der Waals surface area contributed by atoms with Crippen molar-refractivity contribution in [2.24, 2.45) is 0 Å². The second kappa shape index (κ2) is 6.74. The maximum absolute atomic E-state index is 12.9. The van der Waals surface area contributed by atoms with E-state index in [2.05, 4.69) is 25.5 Å². The van der Waals surface area contributed by atoms with E-state index in [-0.39, 0.29) is 11.7 Å². The number of hydrogen-bond donors (Lipinski definition) is 3. The van der Waals surface area contributed by atoms with E-state index in [0.29, 0.717) is 39.9 Å². The molecule has 3 N–H and O–H groups in total. The topological polar surface area (TPSA) is 104 Å². The molecule has 1 aliphatic rings. The van der Waals surface area contributed by atoms with Crippen molar-refractivity contribution >= 4 is 17.4 Å². The molecule has 3 aromatic rings. The molecule has 4 rings (SSSR count). The second-order valence-corrected chi connectivity index (χ2v) is 7.50. The van der Waals surface area contributed by atoms with Gasteiger partial charge in [-0.2, -0.15) is 5.10 Å². The largest absolute Gasteiger partial charge is 0.354 e. The van der Waals surface area contributed by atoms with Crippen molar-refractivity contribution in [1.82, 2.24) is 20.2 Å². The summed E-state index contributed by atoms with van der Waals surface area (Å²) in [4.78, 5) is 32.4. The molecule has 0 spiro atoms. The van der Waals surface area contributed by atoms with Crippen LogP contribution in [0.5, 0.6) is 0 Å². The first-order valence-electron chi connectivity index (χ1n) is 9.40. The molecule has 0 saturated heterocycles. The third-order valence-corrected chi connectivity index (χ3v) is 5.15. The smallest absolute Gasteiger partial charge is 0.272 e. The first kappa shape index (κ1) is 18.2. The Morgan fingerprint density at radius 1 is 1.18 bits per heavy atom. The molecule has 28 heavy (non-hydrogen) atoms. The van der Waals surface area contributed by atoms with Gasteiger partial charge in [0, 0.05) is 22.7 Å². The lowest BCUT2D eigenvalue weighted by atomic mass is 10.1. The molecule has 2 heterocycles. The number of carbonyl (C=O) groups excluding carboxylic acids is 2. The predicted molar refractivity (Wildman–Crippen MR) is 107 cm³/mol. The number of aromatic nitrogens is 4. The van der Waals surface area contributed by atoms with Gasteiger partial charge < -0.3 is 10.3 Å². The molecule has 7 nitrogen and oxygen atoms in total. The van der Waals surface area contributed by atoms with Crippen molar-refractivity contribution in [3.8, 4) is 11.4 Å². The van der Waals surface area contributed by atoms with E-state index in [1.165, 1.54) is 6.92 Å². The molecule has 0 aliphatic heterocycles. The maximum atomic E-state index is 12.9. The zero-order valence-corrected chi connectivity index (χ0v) is 16.4. The van der Waals surface area contributed by atoms with Gasteiger partial charge in [-0.05, 0) is 58.2 Å². The number of hydrogen-bond acceptors (Lipinski definition) is 4. The van der Waals surface area contributed by atoms with Gasteiger partial charge in [-0.15, -0.1) is 0 Å². The van der Waals surface area contributed by atoms with Crippen molar-refractivity contribution in [2.45, 2.75) is 46.5 Å². The molecule has 7 heteroatoms. The Labute approximate surface area is 163 Å². The number of amides is 1. The van der Waals surface area contributed by atoms with Gasteiger partial charge in [-0.3, -0.25) is 14.7 Å². The number of H-pyrrole nitrogens is 2. The number of Topliss-reactive ketones (excluding diaryl/α,β-unsaturated/α-hetero) is 1. The Morgan fingerprint density at radius 3 is 2.57 bits per heavy atom. The van der Waals surface area contributed by atoms with E-state index in [1.807, 2.05) is 25.1 Å². The van der Waals surface area contributed by atoms with Gasteiger partial charge in [0.1, 0.15) is 11.5 Å². The van der Waals surface area contributed by atoms with Gasteiger partial charge in [0.15, 0.2) is 11.6 Å². The standard InChI is InChI=1S/C21H23N5O2/c1-10-5-8-16(15(9-10)20-24-19(25-26-20)14-6-7-14)23-21(28)18-11(2)17(13(4)27)12(3)22-18/h5,8-9,14,22H,6-7H2,1-4H3,(H,23,28)(H,24,25,26). The molecular weight excluding hydrogens is 354 g/mol. The Balaban J connectivity index is 1.67. The van der Waals surface area contributed by atoms with Gasteiger partial charge in [0.05, 0.1) is 5.69 Å².